The van der Waals surface area contributed by atoms with Crippen molar-refractivity contribution < 1.29 is 50.9 Å². The summed E-state index contributed by atoms with van der Waals surface area (Å²) >= 11 is 0. The monoisotopic (exact) mass is 284 g/mol. The number of hydrogen-bond acceptors (Lipinski definition) is 6. The van der Waals surface area contributed by atoms with Gasteiger partial charge in [0, 0.05) is 17.8 Å². The van der Waals surface area contributed by atoms with E-state index < -0.39 is 19.0 Å². The summed E-state index contributed by atoms with van der Waals surface area (Å²) in [5.41, 5.74) is 0. The summed E-state index contributed by atoms with van der Waals surface area (Å²) in [6.07, 6.45) is 2.59. The van der Waals surface area contributed by atoms with Crippen LogP contribution in [0.4, 0.5) is 0 Å². The maximum Gasteiger partial charge on any atom is 1.00 e. The maximum absolute atomic E-state index is 10.6. The molecule has 0 spiro atoms. The normalized spacial score (nSPS) is 12.1. The van der Waals surface area contributed by atoms with Gasteiger partial charge in [-0.1, -0.05) is 6.42 Å². The van der Waals surface area contributed by atoms with Gasteiger partial charge in [0.15, 0.2) is 8.87 Å². The van der Waals surface area contributed by atoms with Crippen molar-refractivity contribution in [2.45, 2.75) is 19.3 Å². The molecule has 0 aromatic heterocycles. The topological polar surface area (TPSA) is 91.3 Å². The first-order valence-corrected chi connectivity index (χ1v) is 8.96. The van der Waals surface area contributed by atoms with Crippen LogP contribution in [-0.2, 0) is 19.0 Å². The second kappa shape index (κ2) is 8.32. The molecule has 0 unspecified atom stereocenters. The predicted octanol–water partition coefficient (Wildman–Crippen LogP) is -2.60. The van der Waals surface area contributed by atoms with Crippen molar-refractivity contribution in [2.24, 2.45) is 0 Å². The molecule has 0 aliphatic rings. The van der Waals surface area contributed by atoms with Gasteiger partial charge in [0.2, 0.25) is 0 Å². The molecule has 0 rings (SSSR count). The molecule has 86 valence electrons. The molecule has 0 atom stereocenters. The molecule has 15 heavy (non-hydrogen) atoms. The summed E-state index contributed by atoms with van der Waals surface area (Å²) in [7, 11) is -6.28. The molecule has 0 aromatic carbocycles. The zero-order valence-corrected chi connectivity index (χ0v) is 13.3. The number of rotatable bonds is 7. The Kier molecular flexibility index (Phi) is 10.3. The van der Waals surface area contributed by atoms with E-state index in [1.165, 1.54) is 0 Å². The third-order valence-electron chi connectivity index (χ3n) is 1.34. The van der Waals surface area contributed by atoms with Crippen LogP contribution in [0.15, 0.2) is 0 Å². The molecule has 0 saturated carbocycles. The molecule has 0 radical (unpaired) electrons. The average Bonchev–Trinajstić information content (AvgIpc) is 1.92. The van der Waals surface area contributed by atoms with E-state index in [0.717, 1.165) is 17.0 Å². The van der Waals surface area contributed by atoms with Crippen LogP contribution in [0.3, 0.4) is 0 Å². The van der Waals surface area contributed by atoms with Crippen LogP contribution in [0.2, 0.25) is 0 Å². The smallest absolute Gasteiger partial charge is 0.748 e. The van der Waals surface area contributed by atoms with Gasteiger partial charge < -0.3 is 4.55 Å². The van der Waals surface area contributed by atoms with Crippen molar-refractivity contribution in [3.63, 3.8) is 0 Å². The number of hydrogen-bond donors (Lipinski definition) is 0. The fourth-order valence-corrected chi connectivity index (χ4v) is 3.21. The Hall–Kier alpha value is 1.21. The molecule has 0 bridgehead atoms. The Balaban J connectivity index is 0. The molecule has 0 saturated heterocycles. The van der Waals surface area contributed by atoms with Crippen LogP contribution in [0.5, 0.6) is 0 Å². The molecule has 0 aliphatic heterocycles. The Morgan fingerprint density at radius 1 is 1.07 bits per heavy atom. The Labute approximate surface area is 117 Å². The fraction of sp³-hybridized carbons (Fsp3) is 1.00. The van der Waals surface area contributed by atoms with E-state index in [9.17, 15) is 21.4 Å². The molecule has 0 heterocycles. The maximum atomic E-state index is 10.6. The zero-order chi connectivity index (χ0) is 11.2. The summed E-state index contributed by atoms with van der Waals surface area (Å²) < 4.78 is 51.8. The molecule has 0 fully saturated rings. The summed E-state index contributed by atoms with van der Waals surface area (Å²) in [6, 6.07) is 0. The van der Waals surface area contributed by atoms with Gasteiger partial charge in [-0.25, -0.2) is 16.8 Å². The van der Waals surface area contributed by atoms with Gasteiger partial charge >= 0.3 is 29.6 Å². The second-order valence-electron chi connectivity index (χ2n) is 2.85. The molecule has 0 aliphatic carbocycles. The van der Waals surface area contributed by atoms with Gasteiger partial charge in [0.05, 0.1) is 10.1 Å². The van der Waals surface area contributed by atoms with E-state index in [1.807, 2.05) is 0 Å². The standard InChI is InChI=1S/C6H14O5S3.Na/c1-13(7,8)12-5-3-2-4-6-14(9,10)11;/h2-6H2,1H3,(H,9,10,11);/q;+1/p-1. The molecular formula is C6H13NaO5S3. The first-order chi connectivity index (χ1) is 6.21. The third-order valence-corrected chi connectivity index (χ3v) is 4.79. The molecule has 9 heteroatoms. The zero-order valence-electron chi connectivity index (χ0n) is 8.80. The first kappa shape index (κ1) is 18.6. The minimum Gasteiger partial charge on any atom is -0.748 e. The second-order valence-corrected chi connectivity index (χ2v) is 8.95. The fourth-order valence-electron chi connectivity index (χ4n) is 0.768. The summed E-state index contributed by atoms with van der Waals surface area (Å²) in [6.45, 7) is 0. The van der Waals surface area contributed by atoms with Crippen molar-refractivity contribution in [3.05, 3.63) is 0 Å². The molecule has 5 nitrogen and oxygen atoms in total. The van der Waals surface area contributed by atoms with Crippen molar-refractivity contribution in [1.82, 2.24) is 0 Å². The van der Waals surface area contributed by atoms with Crippen molar-refractivity contribution >= 4 is 29.8 Å². The predicted molar refractivity (Wildman–Crippen MR) is 55.7 cm³/mol. The van der Waals surface area contributed by atoms with Gasteiger partial charge in [0.25, 0.3) is 0 Å². The number of unbranched alkanes of at least 4 members (excludes halogenated alkanes) is 2. The Morgan fingerprint density at radius 2 is 1.60 bits per heavy atom. The van der Waals surface area contributed by atoms with Gasteiger partial charge in [-0.3, -0.25) is 0 Å². The SMILES string of the molecule is CS(=O)(=O)SCCCCCS(=O)(=O)[O-].[Na+]. The first-order valence-electron chi connectivity index (χ1n) is 3.99. The van der Waals surface area contributed by atoms with Crippen molar-refractivity contribution in [3.8, 4) is 0 Å². The molecular weight excluding hydrogens is 271 g/mol. The van der Waals surface area contributed by atoms with Crippen molar-refractivity contribution in [1.29, 1.82) is 0 Å². The van der Waals surface area contributed by atoms with Gasteiger partial charge in [-0.05, 0) is 23.6 Å². The summed E-state index contributed by atoms with van der Waals surface area (Å²) in [4.78, 5) is 0. The largest absolute Gasteiger partial charge is 1.00 e. The minimum absolute atomic E-state index is 0. The van der Waals surface area contributed by atoms with Crippen LogP contribution in [-0.4, -0.2) is 39.1 Å². The van der Waals surface area contributed by atoms with E-state index >= 15 is 0 Å². The third kappa shape index (κ3) is 17.8. The van der Waals surface area contributed by atoms with E-state index in [2.05, 4.69) is 0 Å². The molecule has 0 N–H and O–H groups in total. The summed E-state index contributed by atoms with van der Waals surface area (Å²) in [5, 5.41) is 0. The van der Waals surface area contributed by atoms with E-state index in [1.54, 1.807) is 0 Å². The molecule has 0 amide bonds. The Bertz CT molecular complexity index is 311. The quantitative estimate of drug-likeness (QED) is 0.220. The van der Waals surface area contributed by atoms with Crippen LogP contribution >= 0.6 is 10.8 Å². The van der Waals surface area contributed by atoms with Crippen LogP contribution in [0, 0.1) is 0 Å². The van der Waals surface area contributed by atoms with Crippen LogP contribution in [0.25, 0.3) is 0 Å². The van der Waals surface area contributed by atoms with Gasteiger partial charge in [0.1, 0.15) is 0 Å². The summed E-state index contributed by atoms with van der Waals surface area (Å²) in [5.74, 6) is 0.0777. The van der Waals surface area contributed by atoms with Gasteiger partial charge in [-0.2, -0.15) is 0 Å². The van der Waals surface area contributed by atoms with Gasteiger partial charge in [-0.15, -0.1) is 0 Å². The van der Waals surface area contributed by atoms with Crippen LogP contribution in [0.1, 0.15) is 19.3 Å². The average molecular weight is 284 g/mol. The van der Waals surface area contributed by atoms with Crippen LogP contribution < -0.4 is 29.6 Å². The minimum atomic E-state index is -4.11. The molecule has 0 aromatic rings. The Morgan fingerprint density at radius 3 is 2.00 bits per heavy atom. The van der Waals surface area contributed by atoms with E-state index in [-0.39, 0.29) is 35.3 Å². The van der Waals surface area contributed by atoms with E-state index in [0.29, 0.717) is 25.0 Å². The van der Waals surface area contributed by atoms with E-state index in [4.69, 9.17) is 0 Å². The van der Waals surface area contributed by atoms with Crippen molar-refractivity contribution in [2.75, 3.05) is 17.8 Å².